The average Bonchev–Trinajstić information content (AvgIpc) is 1.67. The predicted molar refractivity (Wildman–Crippen MR) is 35.8 cm³/mol. The first-order chi connectivity index (χ1) is 3.68. The first kappa shape index (κ1) is 8.48. The number of carbonyl (C=O) groups is 1. The van der Waals surface area contributed by atoms with Crippen molar-refractivity contribution in [1.29, 1.82) is 0 Å². The highest BCUT2D eigenvalue weighted by molar-refractivity contribution is 7.31. The Morgan fingerprint density at radius 1 is 1.75 bits per heavy atom. The summed E-state index contributed by atoms with van der Waals surface area (Å²) in [6.45, 7) is 1.72. The second-order valence-corrected chi connectivity index (χ2v) is 2.63. The third-order valence-corrected chi connectivity index (χ3v) is 1.14. The van der Waals surface area contributed by atoms with E-state index in [1.807, 2.05) is 0 Å². The number of carbonyl (C=O) groups excluding carboxylic acids is 1. The zero-order chi connectivity index (χ0) is 6.57. The molecule has 0 heterocycles. The van der Waals surface area contributed by atoms with Crippen molar-refractivity contribution in [3.8, 4) is 0 Å². The molecule has 0 saturated carbocycles. The van der Waals surface area contributed by atoms with Gasteiger partial charge in [-0.3, -0.25) is 0 Å². The Hall–Kier alpha value is 0.480. The number of hydrogen-bond donors (Lipinski definition) is 0. The van der Waals surface area contributed by atoms with Crippen molar-refractivity contribution >= 4 is 38.0 Å². The van der Waals surface area contributed by atoms with Crippen LogP contribution in [-0.2, 0) is 9.32 Å². The van der Waals surface area contributed by atoms with E-state index in [1.165, 1.54) is 0 Å². The molecule has 0 aliphatic rings. The summed E-state index contributed by atoms with van der Waals surface area (Å²) in [4.78, 5) is 9.22. The number of alkyl halides is 2. The molecule has 2 nitrogen and oxygen atoms in total. The summed E-state index contributed by atoms with van der Waals surface area (Å²) in [7, 11) is 0.112. The SMILES string of the molecule is CPOC(=O)C(Cl)Cl. The Kier molecular flexibility index (Phi) is 4.63. The number of rotatable bonds is 2. The van der Waals surface area contributed by atoms with Crippen LogP contribution in [0.3, 0.4) is 0 Å². The van der Waals surface area contributed by atoms with Crippen molar-refractivity contribution in [2.75, 3.05) is 6.66 Å². The van der Waals surface area contributed by atoms with E-state index >= 15 is 0 Å². The molecule has 0 aromatic carbocycles. The van der Waals surface area contributed by atoms with Crippen LogP contribution in [0.2, 0.25) is 0 Å². The molecule has 0 radical (unpaired) electrons. The Labute approximate surface area is 59.4 Å². The quantitative estimate of drug-likeness (QED) is 0.470. The molecular formula is C3H5Cl2O2P. The monoisotopic (exact) mass is 174 g/mol. The van der Waals surface area contributed by atoms with E-state index in [2.05, 4.69) is 4.52 Å². The Bertz CT molecular complexity index is 85.4. The molecule has 0 aromatic heterocycles. The van der Waals surface area contributed by atoms with Crippen LogP contribution in [0.5, 0.6) is 0 Å². The van der Waals surface area contributed by atoms with Crippen molar-refractivity contribution in [2.45, 2.75) is 4.84 Å². The summed E-state index contributed by atoms with van der Waals surface area (Å²) in [6.07, 6.45) is 0. The van der Waals surface area contributed by atoms with Gasteiger partial charge in [0, 0.05) is 0 Å². The molecular weight excluding hydrogens is 170 g/mol. The van der Waals surface area contributed by atoms with Crippen LogP contribution >= 0.6 is 32.0 Å². The lowest BCUT2D eigenvalue weighted by Crippen LogP contribution is -2.06. The van der Waals surface area contributed by atoms with E-state index in [0.29, 0.717) is 0 Å². The summed E-state index contributed by atoms with van der Waals surface area (Å²) >= 11 is 10.2. The fraction of sp³-hybridized carbons (Fsp3) is 0.667. The van der Waals surface area contributed by atoms with Gasteiger partial charge >= 0.3 is 5.97 Å². The lowest BCUT2D eigenvalue weighted by Gasteiger charge is -1.98. The molecule has 0 saturated heterocycles. The summed E-state index contributed by atoms with van der Waals surface area (Å²) in [6, 6.07) is 0. The van der Waals surface area contributed by atoms with Gasteiger partial charge in [-0.15, -0.1) is 0 Å². The smallest absolute Gasteiger partial charge is 0.341 e. The van der Waals surface area contributed by atoms with Crippen molar-refractivity contribution in [3.63, 3.8) is 0 Å². The topological polar surface area (TPSA) is 26.3 Å². The summed E-state index contributed by atoms with van der Waals surface area (Å²) in [5, 5.41) is 0. The van der Waals surface area contributed by atoms with Gasteiger partial charge in [-0.05, 0) is 6.66 Å². The minimum atomic E-state index is -1.04. The van der Waals surface area contributed by atoms with E-state index in [9.17, 15) is 4.79 Å². The van der Waals surface area contributed by atoms with E-state index in [-0.39, 0.29) is 8.81 Å². The van der Waals surface area contributed by atoms with Crippen LogP contribution in [-0.4, -0.2) is 17.5 Å². The van der Waals surface area contributed by atoms with Crippen LogP contribution in [0.25, 0.3) is 0 Å². The number of halogens is 2. The molecule has 0 N–H and O–H groups in total. The van der Waals surface area contributed by atoms with Gasteiger partial charge in [-0.2, -0.15) is 0 Å². The van der Waals surface area contributed by atoms with Crippen molar-refractivity contribution in [2.24, 2.45) is 0 Å². The molecule has 5 heteroatoms. The minimum absolute atomic E-state index is 0.112. The van der Waals surface area contributed by atoms with Crippen molar-refractivity contribution < 1.29 is 9.32 Å². The van der Waals surface area contributed by atoms with Crippen LogP contribution in [0.4, 0.5) is 0 Å². The molecule has 0 aromatic rings. The number of hydrogen-bond acceptors (Lipinski definition) is 2. The average molecular weight is 175 g/mol. The molecule has 0 amide bonds. The third kappa shape index (κ3) is 3.48. The molecule has 0 aliphatic carbocycles. The van der Waals surface area contributed by atoms with Crippen LogP contribution in [0.15, 0.2) is 0 Å². The zero-order valence-corrected chi connectivity index (χ0v) is 6.66. The molecule has 0 spiro atoms. The van der Waals surface area contributed by atoms with E-state index in [1.54, 1.807) is 6.66 Å². The predicted octanol–water partition coefficient (Wildman–Crippen LogP) is 1.56. The standard InChI is InChI=1S/C3H5Cl2O2P/c1-8-7-3(6)2(4)5/h2,8H,1H3. The molecule has 0 rings (SSSR count). The fourth-order valence-corrected chi connectivity index (χ4v) is 0.703. The summed E-state index contributed by atoms with van der Waals surface area (Å²) < 4.78 is 4.43. The van der Waals surface area contributed by atoms with Crippen molar-refractivity contribution in [3.05, 3.63) is 0 Å². The zero-order valence-electron chi connectivity index (χ0n) is 4.15. The van der Waals surface area contributed by atoms with Gasteiger partial charge in [-0.1, -0.05) is 23.2 Å². The Morgan fingerprint density at radius 2 is 2.25 bits per heavy atom. The largest absolute Gasteiger partial charge is 0.447 e. The van der Waals surface area contributed by atoms with Gasteiger partial charge < -0.3 is 4.52 Å². The van der Waals surface area contributed by atoms with Gasteiger partial charge in [0.2, 0.25) is 4.84 Å². The Balaban J connectivity index is 3.33. The van der Waals surface area contributed by atoms with E-state index in [0.717, 1.165) is 0 Å². The third-order valence-electron chi connectivity index (χ3n) is 0.381. The molecule has 0 aliphatic heterocycles. The second-order valence-electron chi connectivity index (χ2n) is 0.926. The molecule has 1 unspecified atom stereocenters. The molecule has 0 bridgehead atoms. The highest BCUT2D eigenvalue weighted by atomic mass is 35.5. The first-order valence-electron chi connectivity index (χ1n) is 1.84. The maximum absolute atomic E-state index is 10.3. The molecule has 1 atom stereocenters. The maximum Gasteiger partial charge on any atom is 0.341 e. The van der Waals surface area contributed by atoms with Gasteiger partial charge in [0.25, 0.3) is 0 Å². The minimum Gasteiger partial charge on any atom is -0.447 e. The normalized spacial score (nSPS) is 11.0. The first-order valence-corrected chi connectivity index (χ1v) is 4.12. The van der Waals surface area contributed by atoms with Gasteiger partial charge in [0.15, 0.2) is 0 Å². The highest BCUT2D eigenvalue weighted by Gasteiger charge is 2.10. The second kappa shape index (κ2) is 4.37. The van der Waals surface area contributed by atoms with Gasteiger partial charge in [0.1, 0.15) is 0 Å². The van der Waals surface area contributed by atoms with Crippen LogP contribution in [0.1, 0.15) is 0 Å². The molecule has 8 heavy (non-hydrogen) atoms. The lowest BCUT2D eigenvalue weighted by molar-refractivity contribution is -0.131. The van der Waals surface area contributed by atoms with Crippen molar-refractivity contribution in [1.82, 2.24) is 0 Å². The Morgan fingerprint density at radius 3 is 2.38 bits per heavy atom. The van der Waals surface area contributed by atoms with Gasteiger partial charge in [-0.25, -0.2) is 4.79 Å². The van der Waals surface area contributed by atoms with E-state index < -0.39 is 10.8 Å². The van der Waals surface area contributed by atoms with Crippen LogP contribution < -0.4 is 0 Å². The fourth-order valence-electron chi connectivity index (χ4n) is 0.145. The summed E-state index contributed by atoms with van der Waals surface area (Å²) in [5.74, 6) is -0.575. The molecule has 0 fully saturated rings. The summed E-state index contributed by atoms with van der Waals surface area (Å²) in [5.41, 5.74) is 0. The van der Waals surface area contributed by atoms with E-state index in [4.69, 9.17) is 23.2 Å². The van der Waals surface area contributed by atoms with Crippen LogP contribution in [0, 0.1) is 0 Å². The highest BCUT2D eigenvalue weighted by Crippen LogP contribution is 2.11. The van der Waals surface area contributed by atoms with Gasteiger partial charge in [0.05, 0.1) is 8.81 Å². The maximum atomic E-state index is 10.3. The molecule has 48 valence electrons. The lowest BCUT2D eigenvalue weighted by atomic mass is 10.8.